The van der Waals surface area contributed by atoms with E-state index in [1.54, 1.807) is 18.3 Å². The van der Waals surface area contributed by atoms with Gasteiger partial charge in [0.05, 0.1) is 15.2 Å². The number of phenolic OH excluding ortho intramolecular Hbond substituents is 1. The molecule has 0 amide bonds. The molecule has 4 rings (SSSR count). The van der Waals surface area contributed by atoms with Crippen LogP contribution < -0.4 is 15.2 Å². The average molecular weight is 539 g/mol. The predicted molar refractivity (Wildman–Crippen MR) is 127 cm³/mol. The molecule has 2 saturated heterocycles. The van der Waals surface area contributed by atoms with Crippen LogP contribution in [0.15, 0.2) is 26.2 Å². The lowest BCUT2D eigenvalue weighted by Gasteiger charge is -2.30. The van der Waals surface area contributed by atoms with Crippen molar-refractivity contribution in [1.29, 1.82) is 0 Å². The van der Waals surface area contributed by atoms with E-state index in [0.29, 0.717) is 14.9 Å². The molecule has 0 atom stereocenters. The molecule has 3 heterocycles. The molecule has 2 N–H and O–H groups in total. The fourth-order valence-corrected chi connectivity index (χ4v) is 4.92. The Hall–Kier alpha value is -1.94. The number of hydrogen-bond donors (Lipinski definition) is 2. The van der Waals surface area contributed by atoms with E-state index in [1.165, 1.54) is 12.8 Å². The van der Waals surface area contributed by atoms with Gasteiger partial charge < -0.3 is 14.9 Å². The van der Waals surface area contributed by atoms with Gasteiger partial charge in [0.25, 0.3) is 0 Å². The number of nitrogens with one attached hydrogen (secondary N) is 1. The van der Waals surface area contributed by atoms with Crippen LogP contribution in [-0.2, 0) is 0 Å². The maximum atomic E-state index is 9.85. The van der Waals surface area contributed by atoms with E-state index in [-0.39, 0.29) is 5.75 Å². The van der Waals surface area contributed by atoms with Gasteiger partial charge in [0.1, 0.15) is 5.75 Å². The van der Waals surface area contributed by atoms with Crippen molar-refractivity contribution in [2.45, 2.75) is 38.5 Å². The first-order chi connectivity index (χ1) is 14.6. The first-order valence-electron chi connectivity index (χ1n) is 10.3. The number of halogens is 2. The van der Waals surface area contributed by atoms with Gasteiger partial charge in [-0.15, -0.1) is 0 Å². The van der Waals surface area contributed by atoms with Gasteiger partial charge in [0, 0.05) is 26.2 Å². The summed E-state index contributed by atoms with van der Waals surface area (Å²) < 4.78 is 1.19. The lowest BCUT2D eigenvalue weighted by atomic mass is 10.1. The Kier molecular flexibility index (Phi) is 7.04. The van der Waals surface area contributed by atoms with Crippen LogP contribution in [0.3, 0.4) is 0 Å². The monoisotopic (exact) mass is 537 g/mol. The second-order valence-corrected chi connectivity index (χ2v) is 9.27. The normalized spacial score (nSPS) is 17.5. The molecule has 2 aliphatic heterocycles. The molecule has 0 radical (unpaired) electrons. The zero-order chi connectivity index (χ0) is 20.9. The van der Waals surface area contributed by atoms with E-state index < -0.39 is 0 Å². The van der Waals surface area contributed by atoms with Gasteiger partial charge in [0.2, 0.25) is 17.8 Å². The third kappa shape index (κ3) is 5.21. The SMILES string of the molecule is Oc1c(Br)cc(/C=N\Nc2nc(N3CCCCC3)nc(N3CCCCC3)n2)cc1Br. The summed E-state index contributed by atoms with van der Waals surface area (Å²) >= 11 is 6.67. The summed E-state index contributed by atoms with van der Waals surface area (Å²) in [6, 6.07) is 3.58. The van der Waals surface area contributed by atoms with Gasteiger partial charge in [-0.2, -0.15) is 20.1 Å². The van der Waals surface area contributed by atoms with Gasteiger partial charge in [0.15, 0.2) is 0 Å². The second-order valence-electron chi connectivity index (χ2n) is 7.56. The van der Waals surface area contributed by atoms with E-state index >= 15 is 0 Å². The number of aromatic hydroxyl groups is 1. The van der Waals surface area contributed by atoms with Crippen molar-refractivity contribution < 1.29 is 5.11 Å². The van der Waals surface area contributed by atoms with Crippen LogP contribution in [0.4, 0.5) is 17.8 Å². The number of hydrazone groups is 1. The number of anilines is 3. The van der Waals surface area contributed by atoms with Crippen LogP contribution in [0.25, 0.3) is 0 Å². The minimum absolute atomic E-state index is 0.162. The van der Waals surface area contributed by atoms with Gasteiger partial charge in [-0.25, -0.2) is 5.43 Å². The molecule has 2 aromatic rings. The van der Waals surface area contributed by atoms with E-state index in [0.717, 1.165) is 69.3 Å². The third-order valence-corrected chi connectivity index (χ3v) is 6.52. The highest BCUT2D eigenvalue weighted by Gasteiger charge is 2.20. The first kappa shape index (κ1) is 21.3. The van der Waals surface area contributed by atoms with Crippen LogP contribution in [-0.4, -0.2) is 52.5 Å². The molecule has 1 aromatic heterocycles. The summed E-state index contributed by atoms with van der Waals surface area (Å²) in [5.41, 5.74) is 3.79. The largest absolute Gasteiger partial charge is 0.506 e. The molecule has 10 heteroatoms. The molecule has 0 unspecified atom stereocenters. The quantitative estimate of drug-likeness (QED) is 0.427. The topological polar surface area (TPSA) is 89.8 Å². The van der Waals surface area contributed by atoms with Gasteiger partial charge in [-0.3, -0.25) is 0 Å². The standard InChI is InChI=1S/C20H25Br2N7O/c21-15-11-14(12-16(22)17(15)30)13-23-27-18-24-19(28-7-3-1-4-8-28)26-20(25-18)29-9-5-2-6-10-29/h11-13,30H,1-10H2,(H,24,25,26,27)/b23-13-. The highest BCUT2D eigenvalue weighted by atomic mass is 79.9. The molecule has 160 valence electrons. The lowest BCUT2D eigenvalue weighted by molar-refractivity contribution is 0.468. The van der Waals surface area contributed by atoms with Crippen LogP contribution >= 0.6 is 31.9 Å². The minimum atomic E-state index is 0.162. The minimum Gasteiger partial charge on any atom is -0.506 e. The molecule has 0 spiro atoms. The molecule has 1 aromatic carbocycles. The van der Waals surface area contributed by atoms with E-state index in [2.05, 4.69) is 62.2 Å². The summed E-state index contributed by atoms with van der Waals surface area (Å²) in [5.74, 6) is 2.05. The summed E-state index contributed by atoms with van der Waals surface area (Å²) in [5, 5.41) is 14.2. The lowest BCUT2D eigenvalue weighted by Crippen LogP contribution is -2.34. The molecule has 2 fully saturated rings. The van der Waals surface area contributed by atoms with Crippen LogP contribution in [0.2, 0.25) is 0 Å². The smallest absolute Gasteiger partial charge is 0.250 e. The molecule has 0 saturated carbocycles. The number of hydrogen-bond acceptors (Lipinski definition) is 8. The molecule has 30 heavy (non-hydrogen) atoms. The van der Waals surface area contributed by atoms with E-state index in [1.807, 2.05) is 0 Å². The molecule has 2 aliphatic rings. The van der Waals surface area contributed by atoms with E-state index in [9.17, 15) is 5.11 Å². The second kappa shape index (κ2) is 9.91. The fourth-order valence-electron chi connectivity index (χ4n) is 3.70. The number of piperidine rings is 2. The Labute approximate surface area is 193 Å². The van der Waals surface area contributed by atoms with Crippen LogP contribution in [0.1, 0.15) is 44.1 Å². The number of phenols is 1. The average Bonchev–Trinajstić information content (AvgIpc) is 2.78. The summed E-state index contributed by atoms with van der Waals surface area (Å²) in [6.45, 7) is 3.90. The zero-order valence-electron chi connectivity index (χ0n) is 16.7. The Morgan fingerprint density at radius 1 is 0.833 bits per heavy atom. The molecular formula is C20H25Br2N7O. The van der Waals surface area contributed by atoms with Crippen molar-refractivity contribution in [1.82, 2.24) is 15.0 Å². The highest BCUT2D eigenvalue weighted by Crippen LogP contribution is 2.32. The van der Waals surface area contributed by atoms with Gasteiger partial charge >= 0.3 is 0 Å². The Balaban J connectivity index is 1.56. The Bertz CT molecular complexity index is 853. The number of nitrogens with zero attached hydrogens (tertiary/aromatic N) is 6. The van der Waals surface area contributed by atoms with Crippen LogP contribution in [0.5, 0.6) is 5.75 Å². The van der Waals surface area contributed by atoms with E-state index in [4.69, 9.17) is 4.98 Å². The summed E-state index contributed by atoms with van der Waals surface area (Å²) in [7, 11) is 0. The fraction of sp³-hybridized carbons (Fsp3) is 0.500. The van der Waals surface area contributed by atoms with Gasteiger partial charge in [-0.1, -0.05) is 0 Å². The van der Waals surface area contributed by atoms with Crippen molar-refractivity contribution in [3.05, 3.63) is 26.6 Å². The maximum Gasteiger partial charge on any atom is 0.250 e. The Morgan fingerprint density at radius 3 is 1.83 bits per heavy atom. The molecule has 8 nitrogen and oxygen atoms in total. The van der Waals surface area contributed by atoms with Crippen molar-refractivity contribution >= 4 is 55.9 Å². The Morgan fingerprint density at radius 2 is 1.33 bits per heavy atom. The molecular weight excluding hydrogens is 514 g/mol. The summed E-state index contributed by atoms with van der Waals surface area (Å²) in [4.78, 5) is 18.5. The van der Waals surface area contributed by atoms with Crippen molar-refractivity contribution in [2.24, 2.45) is 5.10 Å². The first-order valence-corrected chi connectivity index (χ1v) is 11.9. The van der Waals surface area contributed by atoms with Crippen molar-refractivity contribution in [3.63, 3.8) is 0 Å². The maximum absolute atomic E-state index is 9.85. The number of benzene rings is 1. The van der Waals surface area contributed by atoms with Gasteiger partial charge in [-0.05, 0) is 88.1 Å². The number of aromatic nitrogens is 3. The highest BCUT2D eigenvalue weighted by molar-refractivity contribution is 9.11. The number of rotatable bonds is 5. The van der Waals surface area contributed by atoms with Crippen molar-refractivity contribution in [3.8, 4) is 5.75 Å². The summed E-state index contributed by atoms with van der Waals surface area (Å²) in [6.07, 6.45) is 8.83. The third-order valence-electron chi connectivity index (χ3n) is 5.31. The molecule has 0 aliphatic carbocycles. The molecule has 0 bridgehead atoms. The van der Waals surface area contributed by atoms with Crippen molar-refractivity contribution in [2.75, 3.05) is 41.4 Å². The predicted octanol–water partition coefficient (Wildman–Crippen LogP) is 4.53. The van der Waals surface area contributed by atoms with Crippen LogP contribution in [0, 0.1) is 0 Å². The zero-order valence-corrected chi connectivity index (χ0v) is 19.9.